The van der Waals surface area contributed by atoms with Crippen LogP contribution in [0.5, 0.6) is 0 Å². The maximum Gasteiger partial charge on any atom is 0.154 e. The molecule has 0 aliphatic heterocycles. The van der Waals surface area contributed by atoms with E-state index in [1.54, 1.807) is 0 Å². The number of para-hydroxylation sites is 1. The summed E-state index contributed by atoms with van der Waals surface area (Å²) in [6, 6.07) is 57.6. The molecule has 0 atom stereocenters. The van der Waals surface area contributed by atoms with E-state index < -0.39 is 0 Å². The van der Waals surface area contributed by atoms with Crippen molar-refractivity contribution < 1.29 is 8.83 Å². The Morgan fingerprint density at radius 2 is 1.30 bits per heavy atom. The van der Waals surface area contributed by atoms with Crippen LogP contribution in [0.4, 0.5) is 5.69 Å². The average Bonchev–Trinajstić information content (AvgIpc) is 3.83. The van der Waals surface area contributed by atoms with Gasteiger partial charge in [-0.25, -0.2) is 4.99 Å². The highest BCUT2D eigenvalue weighted by Gasteiger charge is 2.20. The van der Waals surface area contributed by atoms with E-state index in [0.717, 1.165) is 66.2 Å². The summed E-state index contributed by atoms with van der Waals surface area (Å²) in [5, 5.41) is 19.4. The molecule has 0 aliphatic rings. The quantitative estimate of drug-likeness (QED) is 0.133. The SMILES string of the molecule is C/C=C\c1ccccc1-c1ccc(N/C(=N\C(=N)c2ccc(-c3ccc4c(c3)oc3ccc5ccccc5c34)c3oc4ccccc4c23)c2ccccc2)cc1. The molecule has 0 aliphatic carbocycles. The van der Waals surface area contributed by atoms with Crippen LogP contribution in [0.25, 0.3) is 83.0 Å². The molecule has 0 saturated heterocycles. The lowest BCUT2D eigenvalue weighted by Gasteiger charge is -2.13. The van der Waals surface area contributed by atoms with E-state index in [0.29, 0.717) is 17.0 Å². The number of fused-ring (bicyclic) bond motifs is 8. The van der Waals surface area contributed by atoms with E-state index in [1.165, 1.54) is 21.9 Å². The van der Waals surface area contributed by atoms with Crippen molar-refractivity contribution in [3.05, 3.63) is 193 Å². The second-order valence-corrected chi connectivity index (χ2v) is 13.9. The van der Waals surface area contributed by atoms with Gasteiger partial charge in [0.1, 0.15) is 28.2 Å². The molecule has 8 aromatic carbocycles. The number of anilines is 1. The van der Waals surface area contributed by atoms with Gasteiger partial charge in [-0.15, -0.1) is 0 Å². The molecule has 0 saturated carbocycles. The molecule has 10 rings (SSSR count). The van der Waals surface area contributed by atoms with Crippen molar-refractivity contribution in [3.63, 3.8) is 0 Å². The first-order chi connectivity index (χ1) is 27.6. The number of allylic oxidation sites excluding steroid dienone is 1. The third kappa shape index (κ3) is 5.74. The van der Waals surface area contributed by atoms with Gasteiger partial charge in [0.25, 0.3) is 0 Å². The predicted octanol–water partition coefficient (Wildman–Crippen LogP) is 13.9. The van der Waals surface area contributed by atoms with Crippen molar-refractivity contribution in [2.24, 2.45) is 4.99 Å². The maximum absolute atomic E-state index is 9.50. The fourth-order valence-electron chi connectivity index (χ4n) is 7.85. The molecule has 2 heterocycles. The van der Waals surface area contributed by atoms with Crippen LogP contribution in [0.2, 0.25) is 0 Å². The standard InChI is InChI=1S/C51H35N3O2/c1-2-12-32-13-6-8-17-38(32)34-21-25-37(26-22-34)53-51(35-15-4-3-5-16-35)54-50(52)43-29-28-40(49-48(43)41-19-10-11-20-44(41)56-49)36-23-27-42-46(31-36)55-45-30-24-33-14-7-9-18-39(33)47(42)45/h2-31H,1H3,(H2,52,53,54)/b12-2-. The zero-order valence-electron chi connectivity index (χ0n) is 30.6. The number of aliphatic imine (C=N–C) groups is 1. The van der Waals surface area contributed by atoms with Gasteiger partial charge in [0, 0.05) is 43.9 Å². The number of hydrogen-bond donors (Lipinski definition) is 2. The lowest BCUT2D eigenvalue weighted by atomic mass is 9.96. The zero-order valence-corrected chi connectivity index (χ0v) is 30.6. The van der Waals surface area contributed by atoms with E-state index in [1.807, 2.05) is 73.7 Å². The third-order valence-corrected chi connectivity index (χ3v) is 10.5. The smallest absolute Gasteiger partial charge is 0.154 e. The summed E-state index contributed by atoms with van der Waals surface area (Å²) in [5.74, 6) is 0.696. The van der Waals surface area contributed by atoms with Gasteiger partial charge in [-0.05, 0) is 88.5 Å². The molecule has 0 fully saturated rings. The van der Waals surface area contributed by atoms with Gasteiger partial charge in [-0.1, -0.05) is 133 Å². The van der Waals surface area contributed by atoms with Gasteiger partial charge in [0.05, 0.1) is 0 Å². The van der Waals surface area contributed by atoms with Crippen molar-refractivity contribution in [2.45, 2.75) is 6.92 Å². The molecular formula is C51H35N3O2. The molecule has 5 nitrogen and oxygen atoms in total. The Balaban J connectivity index is 1.06. The minimum atomic E-state index is 0.121. The molecule has 2 aromatic heterocycles. The maximum atomic E-state index is 9.50. The Kier molecular flexibility index (Phi) is 8.11. The Hall–Kier alpha value is -7.50. The Labute approximate surface area is 323 Å². The summed E-state index contributed by atoms with van der Waals surface area (Å²) in [4.78, 5) is 4.98. The molecular weight excluding hydrogens is 687 g/mol. The minimum Gasteiger partial charge on any atom is -0.456 e. The topological polar surface area (TPSA) is 74.5 Å². The fourth-order valence-corrected chi connectivity index (χ4v) is 7.85. The number of benzene rings is 8. The minimum absolute atomic E-state index is 0.121. The van der Waals surface area contributed by atoms with Gasteiger partial charge in [0.2, 0.25) is 0 Å². The molecule has 5 heteroatoms. The molecule has 56 heavy (non-hydrogen) atoms. The van der Waals surface area contributed by atoms with Crippen LogP contribution in [0.15, 0.2) is 190 Å². The van der Waals surface area contributed by atoms with Crippen molar-refractivity contribution >= 4 is 78.1 Å². The lowest BCUT2D eigenvalue weighted by Crippen LogP contribution is -2.16. The number of amidine groups is 2. The Bertz CT molecular complexity index is 3180. The molecule has 0 amide bonds. The molecule has 2 N–H and O–H groups in total. The first kappa shape index (κ1) is 33.1. The Morgan fingerprint density at radius 3 is 2.16 bits per heavy atom. The Morgan fingerprint density at radius 1 is 0.571 bits per heavy atom. The van der Waals surface area contributed by atoms with Crippen LogP contribution < -0.4 is 5.32 Å². The number of nitrogens with zero attached hydrogens (tertiary/aromatic N) is 1. The van der Waals surface area contributed by atoms with Crippen LogP contribution >= 0.6 is 0 Å². The molecule has 0 bridgehead atoms. The first-order valence-electron chi connectivity index (χ1n) is 18.7. The summed E-state index contributed by atoms with van der Waals surface area (Å²) in [6.45, 7) is 2.03. The highest BCUT2D eigenvalue weighted by atomic mass is 16.3. The molecule has 0 unspecified atom stereocenters. The molecule has 266 valence electrons. The van der Waals surface area contributed by atoms with Crippen LogP contribution in [0.3, 0.4) is 0 Å². The van der Waals surface area contributed by atoms with Crippen molar-refractivity contribution in [1.29, 1.82) is 5.41 Å². The van der Waals surface area contributed by atoms with Gasteiger partial charge in [0.15, 0.2) is 5.84 Å². The third-order valence-electron chi connectivity index (χ3n) is 10.5. The predicted molar refractivity (Wildman–Crippen MR) is 234 cm³/mol. The fraction of sp³-hybridized carbons (Fsp3) is 0.0196. The summed E-state index contributed by atoms with van der Waals surface area (Å²) in [5.41, 5.74) is 10.9. The second-order valence-electron chi connectivity index (χ2n) is 13.9. The highest BCUT2D eigenvalue weighted by molar-refractivity contribution is 6.24. The zero-order chi connectivity index (χ0) is 37.6. The van der Waals surface area contributed by atoms with E-state index >= 15 is 0 Å². The summed E-state index contributed by atoms with van der Waals surface area (Å²) in [6.07, 6.45) is 4.18. The second kappa shape index (κ2) is 13.7. The van der Waals surface area contributed by atoms with Crippen LogP contribution in [0.1, 0.15) is 23.6 Å². The monoisotopic (exact) mass is 721 g/mol. The van der Waals surface area contributed by atoms with Crippen molar-refractivity contribution in [1.82, 2.24) is 0 Å². The van der Waals surface area contributed by atoms with Gasteiger partial charge < -0.3 is 14.2 Å². The largest absolute Gasteiger partial charge is 0.456 e. The highest BCUT2D eigenvalue weighted by Crippen LogP contribution is 2.41. The van der Waals surface area contributed by atoms with Gasteiger partial charge >= 0.3 is 0 Å². The average molecular weight is 722 g/mol. The van der Waals surface area contributed by atoms with E-state index in [2.05, 4.69) is 121 Å². The molecule has 0 spiro atoms. The number of nitrogens with one attached hydrogen (secondary N) is 2. The summed E-state index contributed by atoms with van der Waals surface area (Å²) < 4.78 is 13.1. The number of furan rings is 2. The van der Waals surface area contributed by atoms with E-state index in [4.69, 9.17) is 13.8 Å². The van der Waals surface area contributed by atoms with Gasteiger partial charge in [-0.3, -0.25) is 5.41 Å². The number of rotatable bonds is 6. The van der Waals surface area contributed by atoms with Crippen molar-refractivity contribution in [2.75, 3.05) is 5.32 Å². The van der Waals surface area contributed by atoms with Crippen LogP contribution in [-0.2, 0) is 0 Å². The number of hydrogen-bond acceptors (Lipinski definition) is 3. The normalized spacial score (nSPS) is 12.1. The van der Waals surface area contributed by atoms with Crippen molar-refractivity contribution in [3.8, 4) is 22.3 Å². The first-order valence-corrected chi connectivity index (χ1v) is 18.7. The molecule has 0 radical (unpaired) electrons. The van der Waals surface area contributed by atoms with Crippen LogP contribution in [0, 0.1) is 5.41 Å². The van der Waals surface area contributed by atoms with Crippen LogP contribution in [-0.4, -0.2) is 11.7 Å². The van der Waals surface area contributed by atoms with Gasteiger partial charge in [-0.2, -0.15) is 0 Å². The summed E-state index contributed by atoms with van der Waals surface area (Å²) >= 11 is 0. The lowest BCUT2D eigenvalue weighted by molar-refractivity contribution is 0.668. The summed E-state index contributed by atoms with van der Waals surface area (Å²) in [7, 11) is 0. The van der Waals surface area contributed by atoms with E-state index in [-0.39, 0.29) is 5.84 Å². The molecule has 10 aromatic rings. The van der Waals surface area contributed by atoms with E-state index in [9.17, 15) is 5.41 Å².